The molecule has 0 unspecified atom stereocenters. The molecular weight excluding hydrogens is 336 g/mol. The van der Waals surface area contributed by atoms with E-state index in [1.165, 1.54) is 16.2 Å². The van der Waals surface area contributed by atoms with Crippen molar-refractivity contribution in [3.63, 3.8) is 0 Å². The molecule has 3 N–H and O–H groups in total. The molecule has 0 bridgehead atoms. The molecule has 0 saturated heterocycles. The van der Waals surface area contributed by atoms with Gasteiger partial charge in [0.15, 0.2) is 0 Å². The van der Waals surface area contributed by atoms with Crippen LogP contribution in [0, 0.1) is 6.92 Å². The van der Waals surface area contributed by atoms with Gasteiger partial charge in [0, 0.05) is 37.3 Å². The molecule has 124 valence electrons. The van der Waals surface area contributed by atoms with Crippen LogP contribution in [0.4, 0.5) is 5.69 Å². The zero-order chi connectivity index (χ0) is 16.3. The summed E-state index contributed by atoms with van der Waals surface area (Å²) in [6, 6.07) is 5.22. The van der Waals surface area contributed by atoms with Crippen molar-refractivity contribution in [3.8, 4) is 0 Å². The number of halogens is 1. The maximum atomic E-state index is 12.2. The number of carbonyl (C=O) groups is 2. The number of anilines is 1. The van der Waals surface area contributed by atoms with Crippen LogP contribution in [0.25, 0.3) is 0 Å². The Hall–Kier alpha value is -1.96. The third-order valence-electron chi connectivity index (χ3n) is 3.10. The second-order valence-electron chi connectivity index (χ2n) is 5.01. The zero-order valence-corrected chi connectivity index (χ0v) is 14.8. The van der Waals surface area contributed by atoms with Gasteiger partial charge in [-0.3, -0.25) is 9.59 Å². The topological polar surface area (TPSA) is 88.3 Å². The van der Waals surface area contributed by atoms with Gasteiger partial charge in [0.1, 0.15) is 10.7 Å². The molecule has 8 heteroatoms. The second kappa shape index (κ2) is 8.05. The molecule has 0 aliphatic rings. The highest BCUT2D eigenvalue weighted by Gasteiger charge is 2.14. The Kier molecular flexibility index (Phi) is 6.68. The number of nitrogens with one attached hydrogen (secondary N) is 1. The quantitative estimate of drug-likeness (QED) is 0.881. The minimum absolute atomic E-state index is 0. The van der Waals surface area contributed by atoms with E-state index in [1.807, 2.05) is 6.92 Å². The lowest BCUT2D eigenvalue weighted by Gasteiger charge is -2.13. The SMILES string of the molecule is Cc1ccc(C(=O)N(C)C)cc1NC(=O)c1csc(CN)n1.Cl. The number of aromatic nitrogens is 1. The minimum Gasteiger partial charge on any atom is -0.345 e. The van der Waals surface area contributed by atoms with Crippen molar-refractivity contribution in [2.75, 3.05) is 19.4 Å². The highest BCUT2D eigenvalue weighted by molar-refractivity contribution is 7.09. The third kappa shape index (κ3) is 4.51. The van der Waals surface area contributed by atoms with E-state index in [9.17, 15) is 9.59 Å². The molecule has 0 radical (unpaired) electrons. The van der Waals surface area contributed by atoms with Crippen molar-refractivity contribution < 1.29 is 9.59 Å². The van der Waals surface area contributed by atoms with E-state index in [1.54, 1.807) is 37.7 Å². The fraction of sp³-hybridized carbons (Fsp3) is 0.267. The van der Waals surface area contributed by atoms with Crippen LogP contribution in [0.2, 0.25) is 0 Å². The maximum Gasteiger partial charge on any atom is 0.275 e. The van der Waals surface area contributed by atoms with Crippen LogP contribution in [0.1, 0.15) is 31.4 Å². The molecular formula is C15H19ClN4O2S. The van der Waals surface area contributed by atoms with Crippen LogP contribution in [0.5, 0.6) is 0 Å². The van der Waals surface area contributed by atoms with Gasteiger partial charge in [-0.1, -0.05) is 6.07 Å². The third-order valence-corrected chi connectivity index (χ3v) is 3.97. The molecule has 0 aliphatic heterocycles. The monoisotopic (exact) mass is 354 g/mol. The summed E-state index contributed by atoms with van der Waals surface area (Å²) in [5.41, 5.74) is 7.81. The summed E-state index contributed by atoms with van der Waals surface area (Å²) in [6.45, 7) is 2.18. The van der Waals surface area contributed by atoms with Crippen LogP contribution in [-0.2, 0) is 6.54 Å². The summed E-state index contributed by atoms with van der Waals surface area (Å²) in [5.74, 6) is -0.428. The fourth-order valence-electron chi connectivity index (χ4n) is 1.84. The zero-order valence-electron chi connectivity index (χ0n) is 13.1. The van der Waals surface area contributed by atoms with E-state index >= 15 is 0 Å². The highest BCUT2D eigenvalue weighted by atomic mass is 35.5. The molecule has 6 nitrogen and oxygen atoms in total. The summed E-state index contributed by atoms with van der Waals surface area (Å²) in [5, 5.41) is 5.17. The van der Waals surface area contributed by atoms with Crippen molar-refractivity contribution in [1.29, 1.82) is 0 Å². The van der Waals surface area contributed by atoms with Crippen LogP contribution in [0.15, 0.2) is 23.6 Å². The predicted octanol–water partition coefficient (Wildman–Crippen LogP) is 2.29. The first-order valence-corrected chi connectivity index (χ1v) is 7.58. The van der Waals surface area contributed by atoms with Gasteiger partial charge in [0.2, 0.25) is 0 Å². The Morgan fingerprint density at radius 3 is 2.61 bits per heavy atom. The van der Waals surface area contributed by atoms with Crippen molar-refractivity contribution in [3.05, 3.63) is 45.4 Å². The molecule has 1 aromatic heterocycles. The molecule has 0 spiro atoms. The summed E-state index contributed by atoms with van der Waals surface area (Å²) >= 11 is 1.35. The molecule has 23 heavy (non-hydrogen) atoms. The Morgan fingerprint density at radius 1 is 1.35 bits per heavy atom. The van der Waals surface area contributed by atoms with E-state index in [0.29, 0.717) is 28.5 Å². The first-order chi connectivity index (χ1) is 10.4. The van der Waals surface area contributed by atoms with Crippen molar-refractivity contribution >= 4 is 41.2 Å². The number of carbonyl (C=O) groups excluding carboxylic acids is 2. The summed E-state index contributed by atoms with van der Waals surface area (Å²) in [6.07, 6.45) is 0. The fourth-order valence-corrected chi connectivity index (χ4v) is 2.50. The van der Waals surface area contributed by atoms with Gasteiger partial charge in [0.05, 0.1) is 0 Å². The van der Waals surface area contributed by atoms with Crippen LogP contribution < -0.4 is 11.1 Å². The smallest absolute Gasteiger partial charge is 0.275 e. The highest BCUT2D eigenvalue weighted by Crippen LogP contribution is 2.19. The Labute approximate surface area is 145 Å². The number of hydrogen-bond acceptors (Lipinski definition) is 5. The molecule has 2 amide bonds. The van der Waals surface area contributed by atoms with Gasteiger partial charge in [-0.05, 0) is 24.6 Å². The summed E-state index contributed by atoms with van der Waals surface area (Å²) in [4.78, 5) is 29.8. The minimum atomic E-state index is -0.312. The number of hydrogen-bond donors (Lipinski definition) is 2. The molecule has 2 aromatic rings. The standard InChI is InChI=1S/C15H18N4O2S.ClH/c1-9-4-5-10(15(21)19(2)3)6-11(9)18-14(20)12-8-22-13(7-16)17-12;/h4-6,8H,7,16H2,1-3H3,(H,18,20);1H. The number of thiazole rings is 1. The molecule has 1 heterocycles. The maximum absolute atomic E-state index is 12.2. The number of amides is 2. The van der Waals surface area contributed by atoms with Gasteiger partial charge in [-0.2, -0.15) is 0 Å². The average Bonchev–Trinajstić information content (AvgIpc) is 2.97. The van der Waals surface area contributed by atoms with Crippen LogP contribution >= 0.6 is 23.7 Å². The van der Waals surface area contributed by atoms with Crippen molar-refractivity contribution in [2.45, 2.75) is 13.5 Å². The lowest BCUT2D eigenvalue weighted by Crippen LogP contribution is -2.22. The van der Waals surface area contributed by atoms with Gasteiger partial charge in [0.25, 0.3) is 11.8 Å². The van der Waals surface area contributed by atoms with E-state index < -0.39 is 0 Å². The van der Waals surface area contributed by atoms with Crippen molar-refractivity contribution in [2.24, 2.45) is 5.73 Å². The Balaban J connectivity index is 0.00000264. The lowest BCUT2D eigenvalue weighted by atomic mass is 10.1. The molecule has 0 atom stereocenters. The summed E-state index contributed by atoms with van der Waals surface area (Å²) in [7, 11) is 3.37. The number of rotatable bonds is 4. The predicted molar refractivity (Wildman–Crippen MR) is 94.4 cm³/mol. The first kappa shape index (κ1) is 19.1. The van der Waals surface area contributed by atoms with Gasteiger partial charge in [-0.15, -0.1) is 23.7 Å². The number of nitrogens with two attached hydrogens (primary N) is 1. The van der Waals surface area contributed by atoms with Crippen molar-refractivity contribution in [1.82, 2.24) is 9.88 Å². The molecule has 2 rings (SSSR count). The molecule has 0 aliphatic carbocycles. The largest absolute Gasteiger partial charge is 0.345 e. The average molecular weight is 355 g/mol. The number of nitrogens with zero attached hydrogens (tertiary/aromatic N) is 2. The molecule has 0 saturated carbocycles. The number of aryl methyl sites for hydroxylation is 1. The molecule has 1 aromatic carbocycles. The van der Waals surface area contributed by atoms with Gasteiger partial charge >= 0.3 is 0 Å². The lowest BCUT2D eigenvalue weighted by molar-refractivity contribution is 0.0827. The van der Waals surface area contributed by atoms with Crippen LogP contribution in [0.3, 0.4) is 0 Å². The normalized spacial score (nSPS) is 9.91. The Morgan fingerprint density at radius 2 is 2.04 bits per heavy atom. The summed E-state index contributed by atoms with van der Waals surface area (Å²) < 4.78 is 0. The Bertz CT molecular complexity index is 715. The number of benzene rings is 1. The van der Waals surface area contributed by atoms with Gasteiger partial charge in [-0.25, -0.2) is 4.98 Å². The van der Waals surface area contributed by atoms with E-state index in [2.05, 4.69) is 10.3 Å². The molecule has 0 fully saturated rings. The van der Waals surface area contributed by atoms with E-state index in [4.69, 9.17) is 5.73 Å². The van der Waals surface area contributed by atoms with Crippen LogP contribution in [-0.4, -0.2) is 35.8 Å². The first-order valence-electron chi connectivity index (χ1n) is 6.70. The second-order valence-corrected chi connectivity index (χ2v) is 5.96. The van der Waals surface area contributed by atoms with Gasteiger partial charge < -0.3 is 16.0 Å². The van der Waals surface area contributed by atoms with E-state index in [-0.39, 0.29) is 24.2 Å². The van der Waals surface area contributed by atoms with E-state index in [0.717, 1.165) is 5.56 Å².